The van der Waals surface area contributed by atoms with E-state index in [1.54, 1.807) is 24.3 Å². The number of hydrogen-bond acceptors (Lipinski definition) is 6. The summed E-state index contributed by atoms with van der Waals surface area (Å²) in [6.07, 6.45) is 0. The molecule has 0 aromatic heterocycles. The summed E-state index contributed by atoms with van der Waals surface area (Å²) in [6, 6.07) is 11.6. The zero-order valence-electron chi connectivity index (χ0n) is 11.9. The van der Waals surface area contributed by atoms with Crippen LogP contribution in [0.25, 0.3) is 0 Å². The van der Waals surface area contributed by atoms with E-state index in [-0.39, 0.29) is 9.79 Å². The molecule has 120 valence electrons. The molecule has 2 aromatic rings. The van der Waals surface area contributed by atoms with E-state index < -0.39 is 20.2 Å². The Bertz CT molecular complexity index is 746. The molecule has 0 aliphatic rings. The summed E-state index contributed by atoms with van der Waals surface area (Å²) in [4.78, 5) is -0.355. The minimum absolute atomic E-state index is 0.178. The molecule has 0 amide bonds. The van der Waals surface area contributed by atoms with Crippen molar-refractivity contribution in [2.45, 2.75) is 23.6 Å². The Labute approximate surface area is 129 Å². The molecule has 0 bridgehead atoms. The highest BCUT2D eigenvalue weighted by molar-refractivity contribution is 7.86. The topological polar surface area (TPSA) is 114 Å². The summed E-state index contributed by atoms with van der Waals surface area (Å²) in [5.41, 5.74) is 1.86. The Hall–Kier alpha value is -1.74. The van der Waals surface area contributed by atoms with Gasteiger partial charge in [-0.3, -0.25) is 0 Å². The molecule has 0 N–H and O–H groups in total. The molecule has 0 fully saturated rings. The second-order valence-electron chi connectivity index (χ2n) is 4.53. The fraction of sp³-hybridized carbons (Fsp3) is 0.143. The van der Waals surface area contributed by atoms with E-state index in [0.29, 0.717) is 0 Å². The molecule has 22 heavy (non-hydrogen) atoms. The van der Waals surface area contributed by atoms with Gasteiger partial charge in [-0.1, -0.05) is 35.4 Å². The van der Waals surface area contributed by atoms with Crippen LogP contribution >= 0.6 is 0 Å². The highest BCUT2D eigenvalue weighted by atomic mass is 32.2. The van der Waals surface area contributed by atoms with Crippen molar-refractivity contribution in [1.29, 1.82) is 0 Å². The molecule has 8 heteroatoms. The largest absolute Gasteiger partial charge is 0.744 e. The maximum atomic E-state index is 10.4. The van der Waals surface area contributed by atoms with Crippen LogP contribution in [0.4, 0.5) is 0 Å². The van der Waals surface area contributed by atoms with Crippen molar-refractivity contribution in [3.8, 4) is 0 Å². The van der Waals surface area contributed by atoms with Crippen molar-refractivity contribution >= 4 is 20.2 Å². The van der Waals surface area contributed by atoms with Crippen LogP contribution in [-0.2, 0) is 20.2 Å². The third kappa shape index (κ3) is 5.94. The highest BCUT2D eigenvalue weighted by Gasteiger charge is 1.98. The average molecular weight is 342 g/mol. The lowest BCUT2D eigenvalue weighted by Gasteiger charge is -2.05. The molecule has 0 unspecified atom stereocenters. The van der Waals surface area contributed by atoms with E-state index in [1.165, 1.54) is 24.3 Å². The summed E-state index contributed by atoms with van der Waals surface area (Å²) in [5.74, 6) is 0. The van der Waals surface area contributed by atoms with Gasteiger partial charge in [-0.2, -0.15) is 0 Å². The van der Waals surface area contributed by atoms with Gasteiger partial charge >= 0.3 is 0 Å². The van der Waals surface area contributed by atoms with Crippen LogP contribution in [0.15, 0.2) is 58.3 Å². The molecular weight excluding hydrogens is 328 g/mol. The van der Waals surface area contributed by atoms with Crippen molar-refractivity contribution in [3.63, 3.8) is 0 Å². The first-order valence-corrected chi connectivity index (χ1v) is 8.87. The molecule has 2 rings (SSSR count). The fourth-order valence-electron chi connectivity index (χ4n) is 1.41. The smallest absolute Gasteiger partial charge is 0.124 e. The van der Waals surface area contributed by atoms with Gasteiger partial charge in [0.05, 0.1) is 9.79 Å². The molecule has 0 aliphatic heterocycles. The van der Waals surface area contributed by atoms with Crippen LogP contribution in [0.5, 0.6) is 0 Å². The molecule has 2 aromatic carbocycles. The van der Waals surface area contributed by atoms with E-state index >= 15 is 0 Å². The predicted molar refractivity (Wildman–Crippen MR) is 78.3 cm³/mol. The summed E-state index contributed by atoms with van der Waals surface area (Å²) in [7, 11) is -8.54. The van der Waals surface area contributed by atoms with Crippen molar-refractivity contribution in [3.05, 3.63) is 59.7 Å². The predicted octanol–water partition coefficient (Wildman–Crippen LogP) is 1.80. The van der Waals surface area contributed by atoms with E-state index in [0.717, 1.165) is 11.1 Å². The van der Waals surface area contributed by atoms with E-state index in [2.05, 4.69) is 0 Å². The Morgan fingerprint density at radius 1 is 0.591 bits per heavy atom. The molecule has 0 heterocycles. The fourth-order valence-corrected chi connectivity index (χ4v) is 2.35. The van der Waals surface area contributed by atoms with Gasteiger partial charge in [-0.05, 0) is 38.1 Å². The van der Waals surface area contributed by atoms with Crippen LogP contribution in [0.3, 0.4) is 0 Å². The minimum atomic E-state index is -4.27. The van der Waals surface area contributed by atoms with Gasteiger partial charge in [0.2, 0.25) is 0 Å². The first-order valence-electron chi connectivity index (χ1n) is 6.05. The Kier molecular flexibility index (Phi) is 5.84. The first kappa shape index (κ1) is 18.3. The molecule has 0 spiro atoms. The number of aryl methyl sites for hydroxylation is 2. The number of hydrogen-bond donors (Lipinski definition) is 0. The van der Waals surface area contributed by atoms with Crippen molar-refractivity contribution in [2.75, 3.05) is 0 Å². The van der Waals surface area contributed by atoms with Gasteiger partial charge in [0.1, 0.15) is 20.2 Å². The zero-order valence-corrected chi connectivity index (χ0v) is 13.5. The summed E-state index contributed by atoms with van der Waals surface area (Å²) < 4.78 is 62.3. The summed E-state index contributed by atoms with van der Waals surface area (Å²) in [5, 5.41) is 0. The van der Waals surface area contributed by atoms with E-state index in [9.17, 15) is 25.9 Å². The van der Waals surface area contributed by atoms with Crippen LogP contribution in [0.1, 0.15) is 11.1 Å². The maximum absolute atomic E-state index is 10.4. The Balaban J connectivity index is 0.000000220. The average Bonchev–Trinajstić information content (AvgIpc) is 2.38. The quantitative estimate of drug-likeness (QED) is 0.769. The molecule has 0 saturated carbocycles. The lowest BCUT2D eigenvalue weighted by atomic mass is 10.2. The summed E-state index contributed by atoms with van der Waals surface area (Å²) >= 11 is 0. The maximum Gasteiger partial charge on any atom is 0.124 e. The minimum Gasteiger partial charge on any atom is -0.744 e. The van der Waals surface area contributed by atoms with E-state index in [4.69, 9.17) is 0 Å². The van der Waals surface area contributed by atoms with Gasteiger partial charge in [-0.25, -0.2) is 16.8 Å². The number of rotatable bonds is 2. The van der Waals surface area contributed by atoms with Crippen LogP contribution in [0.2, 0.25) is 0 Å². The zero-order chi connectivity index (χ0) is 17.0. The van der Waals surface area contributed by atoms with Crippen LogP contribution in [-0.4, -0.2) is 25.9 Å². The van der Waals surface area contributed by atoms with E-state index in [1.807, 2.05) is 13.8 Å². The second kappa shape index (κ2) is 7.01. The molecule has 6 nitrogen and oxygen atoms in total. The Morgan fingerprint density at radius 3 is 1.00 bits per heavy atom. The van der Waals surface area contributed by atoms with Gasteiger partial charge in [0.25, 0.3) is 0 Å². The third-order valence-electron chi connectivity index (χ3n) is 2.62. The second-order valence-corrected chi connectivity index (χ2v) is 7.29. The lowest BCUT2D eigenvalue weighted by molar-refractivity contribution is 0.461. The van der Waals surface area contributed by atoms with Crippen molar-refractivity contribution < 1.29 is 25.9 Å². The lowest BCUT2D eigenvalue weighted by Crippen LogP contribution is -1.97. The van der Waals surface area contributed by atoms with Gasteiger partial charge in [0.15, 0.2) is 0 Å². The first-order chi connectivity index (χ1) is 10.00. The summed E-state index contributed by atoms with van der Waals surface area (Å²) in [6.45, 7) is 3.64. The normalized spacial score (nSPS) is 11.5. The van der Waals surface area contributed by atoms with Crippen molar-refractivity contribution in [2.24, 2.45) is 0 Å². The van der Waals surface area contributed by atoms with Gasteiger partial charge < -0.3 is 9.11 Å². The monoisotopic (exact) mass is 342 g/mol. The van der Waals surface area contributed by atoms with Gasteiger partial charge in [0, 0.05) is 0 Å². The molecule has 0 atom stereocenters. The SMILES string of the molecule is Cc1ccc(S(=O)(=O)[O-])cc1.Cc1ccc(S(=O)(=O)[O-])cc1. The van der Waals surface area contributed by atoms with Crippen LogP contribution < -0.4 is 0 Å². The van der Waals surface area contributed by atoms with Gasteiger partial charge in [-0.15, -0.1) is 0 Å². The molecule has 0 radical (unpaired) electrons. The standard InChI is InChI=1S/2C7H8O3S/c2*1-6-2-4-7(5-3-6)11(8,9)10/h2*2-5H,1H3,(H,8,9,10)/p-2. The van der Waals surface area contributed by atoms with Crippen molar-refractivity contribution in [1.82, 2.24) is 0 Å². The molecule has 0 aliphatic carbocycles. The third-order valence-corrected chi connectivity index (χ3v) is 4.32. The molecular formula is C14H14O6S2-2. The number of benzene rings is 2. The highest BCUT2D eigenvalue weighted by Crippen LogP contribution is 2.09. The molecule has 0 saturated heterocycles. The Morgan fingerprint density at radius 2 is 0.818 bits per heavy atom. The van der Waals surface area contributed by atoms with Crippen LogP contribution in [0, 0.1) is 13.8 Å².